The summed E-state index contributed by atoms with van der Waals surface area (Å²) in [6.07, 6.45) is 3.50. The maximum absolute atomic E-state index is 13.1. The quantitative estimate of drug-likeness (QED) is 0.618. The van der Waals surface area contributed by atoms with Crippen molar-refractivity contribution in [3.05, 3.63) is 47.8 Å². The summed E-state index contributed by atoms with van der Waals surface area (Å²) in [5.74, 6) is 0.629. The summed E-state index contributed by atoms with van der Waals surface area (Å²) in [4.78, 5) is 28.6. The lowest BCUT2D eigenvalue weighted by atomic mass is 9.61. The van der Waals surface area contributed by atoms with Gasteiger partial charge >= 0.3 is 6.09 Å². The van der Waals surface area contributed by atoms with Crippen molar-refractivity contribution in [1.29, 1.82) is 0 Å². The van der Waals surface area contributed by atoms with Gasteiger partial charge in [0.25, 0.3) is 0 Å². The second kappa shape index (κ2) is 8.69. The highest BCUT2D eigenvalue weighted by atomic mass is 32.2. The predicted molar refractivity (Wildman–Crippen MR) is 134 cm³/mol. The van der Waals surface area contributed by atoms with Crippen LogP contribution in [0, 0.1) is 5.41 Å². The largest absolute Gasteiger partial charge is 0.446 e. The van der Waals surface area contributed by atoms with Crippen LogP contribution in [0.15, 0.2) is 41.4 Å². The zero-order chi connectivity index (χ0) is 25.1. The molecule has 1 spiro atoms. The molecule has 1 aromatic carbocycles. The lowest BCUT2D eigenvalue weighted by molar-refractivity contribution is -0.137. The van der Waals surface area contributed by atoms with Gasteiger partial charge in [-0.15, -0.1) is 0 Å². The van der Waals surface area contributed by atoms with Crippen LogP contribution in [-0.2, 0) is 27.5 Å². The van der Waals surface area contributed by atoms with E-state index in [0.29, 0.717) is 36.6 Å². The molecule has 1 amide bonds. The van der Waals surface area contributed by atoms with Crippen molar-refractivity contribution in [3.8, 4) is 0 Å². The minimum atomic E-state index is -3.24. The summed E-state index contributed by atoms with van der Waals surface area (Å²) in [7, 11) is -3.24. The molecule has 4 aliphatic rings. The number of likely N-dealkylation sites (tertiary alicyclic amines) is 1. The molecule has 0 radical (unpaired) electrons. The number of sulfone groups is 1. The highest BCUT2D eigenvalue weighted by Crippen LogP contribution is 2.50. The molecule has 2 saturated heterocycles. The number of aromatic nitrogens is 2. The van der Waals surface area contributed by atoms with Gasteiger partial charge in [-0.1, -0.05) is 30.3 Å². The minimum Gasteiger partial charge on any atom is -0.446 e. The molecular formula is C26H33N5O4S. The van der Waals surface area contributed by atoms with Crippen molar-refractivity contribution in [2.24, 2.45) is 5.41 Å². The van der Waals surface area contributed by atoms with Gasteiger partial charge in [0.15, 0.2) is 9.84 Å². The second-order valence-corrected chi connectivity index (χ2v) is 13.2. The number of piperazine rings is 1. The van der Waals surface area contributed by atoms with Gasteiger partial charge in [0.1, 0.15) is 11.0 Å². The Morgan fingerprint density at radius 2 is 1.81 bits per heavy atom. The predicted octanol–water partition coefficient (Wildman–Crippen LogP) is 2.51. The number of hydrogen-bond acceptors (Lipinski definition) is 8. The molecule has 2 atom stereocenters. The van der Waals surface area contributed by atoms with Crippen molar-refractivity contribution in [2.45, 2.75) is 62.7 Å². The van der Waals surface area contributed by atoms with Crippen LogP contribution in [0.25, 0.3) is 0 Å². The Morgan fingerprint density at radius 3 is 2.50 bits per heavy atom. The SMILES string of the molecule is C[C@@H]1CN(c2ncc3c(n2)CCS3(=O)=O)C[C@H](C)N1C(=O)OC1CC2(C1)CN(Cc1ccccc1)C2. The number of fused-ring (bicyclic) bond motifs is 1. The van der Waals surface area contributed by atoms with Crippen LogP contribution in [0.2, 0.25) is 0 Å². The van der Waals surface area contributed by atoms with Crippen molar-refractivity contribution < 1.29 is 17.9 Å². The Morgan fingerprint density at radius 1 is 1.11 bits per heavy atom. The number of anilines is 1. The molecular weight excluding hydrogens is 478 g/mol. The molecule has 3 aliphatic heterocycles. The van der Waals surface area contributed by atoms with E-state index in [2.05, 4.69) is 39.1 Å². The van der Waals surface area contributed by atoms with Gasteiger partial charge in [0.05, 0.1) is 29.7 Å². The first-order valence-electron chi connectivity index (χ1n) is 12.8. The van der Waals surface area contributed by atoms with E-state index >= 15 is 0 Å². The number of rotatable bonds is 4. The molecule has 2 aromatic rings. The maximum Gasteiger partial charge on any atom is 0.410 e. The smallest absolute Gasteiger partial charge is 0.410 e. The van der Waals surface area contributed by atoms with Crippen LogP contribution in [0.5, 0.6) is 0 Å². The van der Waals surface area contributed by atoms with Crippen molar-refractivity contribution in [1.82, 2.24) is 19.8 Å². The first kappa shape index (κ1) is 23.7. The monoisotopic (exact) mass is 511 g/mol. The number of benzene rings is 1. The molecule has 10 heteroatoms. The van der Waals surface area contributed by atoms with Crippen LogP contribution in [0.3, 0.4) is 0 Å². The summed E-state index contributed by atoms with van der Waals surface area (Å²) in [5.41, 5.74) is 2.25. The third kappa shape index (κ3) is 4.24. The molecule has 1 aliphatic carbocycles. The van der Waals surface area contributed by atoms with Gasteiger partial charge in [-0.25, -0.2) is 23.2 Å². The molecule has 1 saturated carbocycles. The van der Waals surface area contributed by atoms with E-state index in [4.69, 9.17) is 4.74 Å². The molecule has 0 bridgehead atoms. The third-order valence-electron chi connectivity index (χ3n) is 8.13. The van der Waals surface area contributed by atoms with Crippen molar-refractivity contribution in [2.75, 3.05) is 36.8 Å². The number of ether oxygens (including phenoxy) is 1. The van der Waals surface area contributed by atoms with E-state index in [1.54, 1.807) is 0 Å². The Labute approximate surface area is 212 Å². The Balaban J connectivity index is 1.00. The molecule has 4 heterocycles. The van der Waals surface area contributed by atoms with Gasteiger partial charge in [-0.2, -0.15) is 0 Å². The van der Waals surface area contributed by atoms with E-state index in [1.165, 1.54) is 11.8 Å². The standard InChI is InChI=1S/C26H33N5O4S/c1-18-13-30(24-27-12-23-22(28-24)8-9-36(23,33)34)14-19(2)31(18)25(32)35-21-10-26(11-21)16-29(17-26)15-20-6-4-3-5-7-20/h3-7,12,18-19,21H,8-11,13-17H2,1-2H3/t18-,19+. The van der Waals surface area contributed by atoms with E-state index in [1.807, 2.05) is 29.7 Å². The van der Waals surface area contributed by atoms with Crippen LogP contribution in [0.1, 0.15) is 37.9 Å². The number of carbonyl (C=O) groups is 1. The normalized spacial score (nSPS) is 26.8. The summed E-state index contributed by atoms with van der Waals surface area (Å²) in [6.45, 7) is 8.31. The molecule has 0 unspecified atom stereocenters. The maximum atomic E-state index is 13.1. The highest BCUT2D eigenvalue weighted by molar-refractivity contribution is 7.91. The summed E-state index contributed by atoms with van der Waals surface area (Å²) in [6, 6.07) is 10.4. The van der Waals surface area contributed by atoms with E-state index in [0.717, 1.165) is 32.5 Å². The molecule has 6 rings (SSSR count). The molecule has 0 N–H and O–H groups in total. The fourth-order valence-electron chi connectivity index (χ4n) is 6.48. The number of amides is 1. The number of aryl methyl sites for hydroxylation is 1. The summed E-state index contributed by atoms with van der Waals surface area (Å²) in [5, 5.41) is 0. The number of nitrogens with zero attached hydrogens (tertiary/aromatic N) is 5. The van der Waals surface area contributed by atoms with Crippen LogP contribution in [-0.4, -0.2) is 84.4 Å². The van der Waals surface area contributed by atoms with Gasteiger partial charge in [0, 0.05) is 44.6 Å². The lowest BCUT2D eigenvalue weighted by Crippen LogP contribution is -2.65. The molecule has 3 fully saturated rings. The molecule has 192 valence electrons. The molecule has 36 heavy (non-hydrogen) atoms. The van der Waals surface area contributed by atoms with Gasteiger partial charge in [-0.3, -0.25) is 9.80 Å². The van der Waals surface area contributed by atoms with Crippen LogP contribution in [0.4, 0.5) is 10.7 Å². The summed E-state index contributed by atoms with van der Waals surface area (Å²) >= 11 is 0. The van der Waals surface area contributed by atoms with Gasteiger partial charge in [0.2, 0.25) is 5.95 Å². The first-order valence-corrected chi connectivity index (χ1v) is 14.5. The fraction of sp³-hybridized carbons (Fsp3) is 0.577. The molecule has 9 nitrogen and oxygen atoms in total. The molecule has 1 aromatic heterocycles. The van der Waals surface area contributed by atoms with Crippen LogP contribution >= 0.6 is 0 Å². The highest BCUT2D eigenvalue weighted by Gasteiger charge is 2.54. The zero-order valence-electron chi connectivity index (χ0n) is 20.8. The van der Waals surface area contributed by atoms with Gasteiger partial charge in [-0.05, 0) is 32.3 Å². The first-order chi connectivity index (χ1) is 17.2. The van der Waals surface area contributed by atoms with Crippen LogP contribution < -0.4 is 4.90 Å². The zero-order valence-corrected chi connectivity index (χ0v) is 21.7. The average Bonchev–Trinajstić information content (AvgIpc) is 3.10. The average molecular weight is 512 g/mol. The summed E-state index contributed by atoms with van der Waals surface area (Å²) < 4.78 is 30.1. The van der Waals surface area contributed by atoms with Gasteiger partial charge < -0.3 is 9.64 Å². The van der Waals surface area contributed by atoms with E-state index in [-0.39, 0.29) is 34.9 Å². The number of carbonyl (C=O) groups excluding carboxylic acids is 1. The fourth-order valence-corrected chi connectivity index (χ4v) is 7.88. The number of hydrogen-bond donors (Lipinski definition) is 0. The Kier molecular flexibility index (Phi) is 5.71. The van der Waals surface area contributed by atoms with E-state index < -0.39 is 9.84 Å². The lowest BCUT2D eigenvalue weighted by Gasteiger charge is -2.58. The Bertz CT molecular complexity index is 1240. The van der Waals surface area contributed by atoms with Crippen molar-refractivity contribution in [3.63, 3.8) is 0 Å². The second-order valence-electron chi connectivity index (χ2n) is 11.1. The van der Waals surface area contributed by atoms with Crippen molar-refractivity contribution >= 4 is 21.9 Å². The third-order valence-corrected chi connectivity index (χ3v) is 9.88. The Hall–Kier alpha value is -2.72. The minimum absolute atomic E-state index is 0.00389. The van der Waals surface area contributed by atoms with E-state index in [9.17, 15) is 13.2 Å². The topological polar surface area (TPSA) is 95.9 Å².